The number of benzene rings is 2. The lowest BCUT2D eigenvalue weighted by Gasteiger charge is -2.29. The molecule has 0 radical (unpaired) electrons. The fourth-order valence-corrected chi connectivity index (χ4v) is 4.98. The Balaban J connectivity index is 1.63. The molecule has 1 saturated carbocycles. The summed E-state index contributed by atoms with van der Waals surface area (Å²) in [6.45, 7) is 2.19. The molecule has 1 nitrogen and oxygen atoms in total. The van der Waals surface area contributed by atoms with E-state index in [9.17, 15) is 30.7 Å². The van der Waals surface area contributed by atoms with Crippen LogP contribution in [0.2, 0.25) is 0 Å². The van der Waals surface area contributed by atoms with Crippen molar-refractivity contribution in [3.63, 3.8) is 0 Å². The molecule has 2 aromatic carbocycles. The molecule has 35 heavy (non-hydrogen) atoms. The standard InChI is InChI=1S/C27H31F7O/c1-2-3-4-5-6-7-17-8-10-19(11-9-17)20-15-22(28)21(23(29)16-20)12-18-13-24(30)26(25(31)14-18)35-27(32,33)34/h13-17,19H,2-12H2,1H3. The summed E-state index contributed by atoms with van der Waals surface area (Å²) in [5.41, 5.74) is -0.0336. The molecule has 0 N–H and O–H groups in total. The van der Waals surface area contributed by atoms with Gasteiger partial charge in [-0.25, -0.2) is 17.6 Å². The van der Waals surface area contributed by atoms with Crippen LogP contribution >= 0.6 is 0 Å². The van der Waals surface area contributed by atoms with Crippen molar-refractivity contribution < 1.29 is 35.5 Å². The second kappa shape index (κ2) is 12.1. The maximum atomic E-state index is 14.8. The van der Waals surface area contributed by atoms with Crippen LogP contribution in [0.25, 0.3) is 0 Å². The lowest BCUT2D eigenvalue weighted by molar-refractivity contribution is -0.276. The van der Waals surface area contributed by atoms with Gasteiger partial charge in [-0.3, -0.25) is 0 Å². The largest absolute Gasteiger partial charge is 0.573 e. The zero-order valence-corrected chi connectivity index (χ0v) is 19.8. The van der Waals surface area contributed by atoms with E-state index in [2.05, 4.69) is 11.7 Å². The van der Waals surface area contributed by atoms with E-state index in [1.54, 1.807) is 0 Å². The van der Waals surface area contributed by atoms with Gasteiger partial charge in [-0.05, 0) is 72.9 Å². The van der Waals surface area contributed by atoms with Crippen LogP contribution in [-0.4, -0.2) is 6.36 Å². The normalized spacial score (nSPS) is 18.6. The summed E-state index contributed by atoms with van der Waals surface area (Å²) in [6, 6.07) is 3.70. The Bertz CT molecular complexity index is 932. The van der Waals surface area contributed by atoms with Crippen LogP contribution in [0.3, 0.4) is 0 Å². The smallest absolute Gasteiger partial charge is 0.399 e. The number of rotatable bonds is 10. The topological polar surface area (TPSA) is 9.23 Å². The first-order valence-corrected chi connectivity index (χ1v) is 12.3. The van der Waals surface area contributed by atoms with E-state index in [0.717, 1.165) is 25.7 Å². The number of ether oxygens (including phenoxy) is 1. The van der Waals surface area contributed by atoms with Crippen molar-refractivity contribution in [2.75, 3.05) is 0 Å². The Hall–Kier alpha value is -2.25. The highest BCUT2D eigenvalue weighted by atomic mass is 19.4. The Labute approximate surface area is 201 Å². The summed E-state index contributed by atoms with van der Waals surface area (Å²) in [7, 11) is 0. The quantitative estimate of drug-likeness (QED) is 0.231. The van der Waals surface area contributed by atoms with Gasteiger partial charge in [-0.2, -0.15) is 0 Å². The summed E-state index contributed by atoms with van der Waals surface area (Å²) in [6.07, 6.45) is 5.38. The monoisotopic (exact) mass is 504 g/mol. The van der Waals surface area contributed by atoms with Crippen molar-refractivity contribution in [2.45, 2.75) is 89.8 Å². The van der Waals surface area contributed by atoms with E-state index in [1.807, 2.05) is 0 Å². The van der Waals surface area contributed by atoms with E-state index < -0.39 is 47.4 Å². The number of unbranched alkanes of at least 4 members (excludes halogenated alkanes) is 4. The maximum absolute atomic E-state index is 14.8. The predicted octanol–water partition coefficient (Wildman–Crippen LogP) is 9.37. The van der Waals surface area contributed by atoms with Crippen LogP contribution in [0.5, 0.6) is 5.75 Å². The van der Waals surface area contributed by atoms with Gasteiger partial charge in [0.15, 0.2) is 11.6 Å². The highest BCUT2D eigenvalue weighted by Gasteiger charge is 2.34. The SMILES string of the molecule is CCCCCCCC1CCC(c2cc(F)c(Cc3cc(F)c(OC(F)(F)F)c(F)c3)c(F)c2)CC1. The highest BCUT2D eigenvalue weighted by Crippen LogP contribution is 2.39. The van der Waals surface area contributed by atoms with Crippen LogP contribution in [0.15, 0.2) is 24.3 Å². The summed E-state index contributed by atoms with van der Waals surface area (Å²) < 4.78 is 97.8. The fourth-order valence-electron chi connectivity index (χ4n) is 4.98. The van der Waals surface area contributed by atoms with Crippen molar-refractivity contribution in [1.29, 1.82) is 0 Å². The lowest BCUT2D eigenvalue weighted by atomic mass is 9.76. The van der Waals surface area contributed by atoms with Crippen molar-refractivity contribution in [1.82, 2.24) is 0 Å². The molecule has 0 aromatic heterocycles. The van der Waals surface area contributed by atoms with Crippen molar-refractivity contribution in [3.8, 4) is 5.75 Å². The molecule has 0 heterocycles. The first-order valence-electron chi connectivity index (χ1n) is 12.3. The average molecular weight is 505 g/mol. The minimum atomic E-state index is -5.27. The molecule has 0 unspecified atom stereocenters. The summed E-state index contributed by atoms with van der Waals surface area (Å²) in [5, 5.41) is 0. The molecular formula is C27H31F7O. The van der Waals surface area contributed by atoms with Crippen LogP contribution in [0.4, 0.5) is 30.7 Å². The molecule has 1 aliphatic carbocycles. The van der Waals surface area contributed by atoms with E-state index in [0.29, 0.717) is 23.6 Å². The number of alkyl halides is 3. The molecule has 0 amide bonds. The van der Waals surface area contributed by atoms with Gasteiger partial charge in [0.2, 0.25) is 5.75 Å². The maximum Gasteiger partial charge on any atom is 0.573 e. The molecule has 0 spiro atoms. The third-order valence-electron chi connectivity index (χ3n) is 6.85. The zero-order valence-electron chi connectivity index (χ0n) is 19.8. The van der Waals surface area contributed by atoms with E-state index >= 15 is 0 Å². The molecule has 0 saturated heterocycles. The number of hydrogen-bond acceptors (Lipinski definition) is 1. The molecule has 2 aromatic rings. The van der Waals surface area contributed by atoms with E-state index in [4.69, 9.17) is 0 Å². The van der Waals surface area contributed by atoms with Gasteiger partial charge >= 0.3 is 6.36 Å². The van der Waals surface area contributed by atoms with Crippen LogP contribution < -0.4 is 4.74 Å². The molecule has 1 fully saturated rings. The second-order valence-electron chi connectivity index (χ2n) is 9.50. The molecule has 3 rings (SSSR count). The minimum Gasteiger partial charge on any atom is -0.399 e. The first-order chi connectivity index (χ1) is 16.6. The predicted molar refractivity (Wildman–Crippen MR) is 120 cm³/mol. The van der Waals surface area contributed by atoms with Crippen LogP contribution in [0.1, 0.15) is 93.7 Å². The Morgan fingerprint density at radius 3 is 1.89 bits per heavy atom. The van der Waals surface area contributed by atoms with Gasteiger partial charge in [0, 0.05) is 12.0 Å². The molecular weight excluding hydrogens is 473 g/mol. The zero-order chi connectivity index (χ0) is 25.6. The molecule has 0 atom stereocenters. The first kappa shape index (κ1) is 27.3. The summed E-state index contributed by atoms with van der Waals surface area (Å²) >= 11 is 0. The van der Waals surface area contributed by atoms with Crippen LogP contribution in [-0.2, 0) is 6.42 Å². The van der Waals surface area contributed by atoms with Gasteiger partial charge in [-0.15, -0.1) is 13.2 Å². The Morgan fingerprint density at radius 2 is 1.34 bits per heavy atom. The van der Waals surface area contributed by atoms with E-state index in [1.165, 1.54) is 50.7 Å². The molecule has 0 bridgehead atoms. The Morgan fingerprint density at radius 1 is 0.771 bits per heavy atom. The molecule has 1 aliphatic rings. The van der Waals surface area contributed by atoms with Crippen LogP contribution in [0, 0.1) is 29.2 Å². The lowest BCUT2D eigenvalue weighted by Crippen LogP contribution is -2.19. The Kier molecular flexibility index (Phi) is 9.47. The van der Waals surface area contributed by atoms with Crippen molar-refractivity contribution >= 4 is 0 Å². The van der Waals surface area contributed by atoms with Crippen molar-refractivity contribution in [2.24, 2.45) is 5.92 Å². The summed E-state index contributed by atoms with van der Waals surface area (Å²) in [4.78, 5) is 0. The van der Waals surface area contributed by atoms with E-state index in [-0.39, 0.29) is 11.5 Å². The average Bonchev–Trinajstić information content (AvgIpc) is 2.78. The minimum absolute atomic E-state index is 0.0538. The fraction of sp³-hybridized carbons (Fsp3) is 0.556. The van der Waals surface area contributed by atoms with Gasteiger partial charge in [0.25, 0.3) is 0 Å². The second-order valence-corrected chi connectivity index (χ2v) is 9.50. The molecule has 194 valence electrons. The number of halogens is 7. The third-order valence-corrected chi connectivity index (χ3v) is 6.85. The number of hydrogen-bond donors (Lipinski definition) is 0. The van der Waals surface area contributed by atoms with Gasteiger partial charge in [-0.1, -0.05) is 45.4 Å². The van der Waals surface area contributed by atoms with Gasteiger partial charge < -0.3 is 4.74 Å². The van der Waals surface area contributed by atoms with Crippen molar-refractivity contribution in [3.05, 3.63) is 64.2 Å². The third kappa shape index (κ3) is 7.87. The van der Waals surface area contributed by atoms with Gasteiger partial charge in [0.05, 0.1) is 0 Å². The molecule has 0 aliphatic heterocycles. The molecule has 8 heteroatoms. The highest BCUT2D eigenvalue weighted by molar-refractivity contribution is 5.37. The van der Waals surface area contributed by atoms with Gasteiger partial charge in [0.1, 0.15) is 11.6 Å². The summed E-state index contributed by atoms with van der Waals surface area (Å²) in [5.74, 6) is -5.78.